The van der Waals surface area contributed by atoms with E-state index in [1.54, 1.807) is 0 Å². The Kier molecular flexibility index (Phi) is 3.74. The predicted molar refractivity (Wildman–Crippen MR) is 79.3 cm³/mol. The van der Waals surface area contributed by atoms with E-state index in [2.05, 4.69) is 41.2 Å². The summed E-state index contributed by atoms with van der Waals surface area (Å²) in [6, 6.07) is 5.65. The van der Waals surface area contributed by atoms with Gasteiger partial charge in [0.2, 0.25) is 0 Å². The normalized spacial score (nSPS) is 27.6. The zero-order valence-electron chi connectivity index (χ0n) is 12.1. The van der Waals surface area contributed by atoms with Gasteiger partial charge in [-0.05, 0) is 44.6 Å². The largest absolute Gasteiger partial charge is 0.354 e. The van der Waals surface area contributed by atoms with Gasteiger partial charge in [-0.3, -0.25) is 0 Å². The van der Waals surface area contributed by atoms with Crippen molar-refractivity contribution in [1.82, 2.24) is 10.3 Å². The third-order valence-electron chi connectivity index (χ3n) is 4.44. The van der Waals surface area contributed by atoms with Crippen molar-refractivity contribution in [3.8, 4) is 0 Å². The zero-order chi connectivity index (χ0) is 13.2. The summed E-state index contributed by atoms with van der Waals surface area (Å²) in [5.41, 5.74) is 1.36. The molecule has 3 heteroatoms. The van der Waals surface area contributed by atoms with E-state index in [4.69, 9.17) is 0 Å². The first-order valence-corrected chi connectivity index (χ1v) is 7.68. The van der Waals surface area contributed by atoms with Gasteiger partial charge in [0, 0.05) is 36.9 Å². The van der Waals surface area contributed by atoms with Gasteiger partial charge >= 0.3 is 0 Å². The lowest BCUT2D eigenvalue weighted by molar-refractivity contribution is 0.375. The van der Waals surface area contributed by atoms with Crippen LogP contribution in [0, 0.1) is 5.92 Å². The molecule has 3 rings (SSSR count). The minimum absolute atomic E-state index is 0.610. The first kappa shape index (κ1) is 12.9. The van der Waals surface area contributed by atoms with E-state index in [9.17, 15) is 0 Å². The standard InChI is InChI=1S/C16H25N3/c1-12-7-9-19(13(2)10-12)16-14(4-3-8-17-16)11-18-15-5-6-15/h3-4,8,12-13,15,18H,5-7,9-11H2,1-2H3. The summed E-state index contributed by atoms with van der Waals surface area (Å²) in [5, 5.41) is 3.61. The molecule has 1 aliphatic heterocycles. The van der Waals surface area contributed by atoms with E-state index >= 15 is 0 Å². The molecule has 0 radical (unpaired) electrons. The van der Waals surface area contributed by atoms with E-state index in [1.807, 2.05) is 6.20 Å². The zero-order valence-corrected chi connectivity index (χ0v) is 12.1. The first-order chi connectivity index (χ1) is 9.24. The molecule has 1 aromatic rings. The van der Waals surface area contributed by atoms with Gasteiger partial charge in [-0.1, -0.05) is 13.0 Å². The van der Waals surface area contributed by atoms with E-state index < -0.39 is 0 Å². The van der Waals surface area contributed by atoms with Crippen LogP contribution in [0.2, 0.25) is 0 Å². The molecule has 2 unspecified atom stereocenters. The molecular weight excluding hydrogens is 234 g/mol. The maximum atomic E-state index is 4.66. The molecule has 0 bridgehead atoms. The number of nitrogens with zero attached hydrogens (tertiary/aromatic N) is 2. The van der Waals surface area contributed by atoms with E-state index in [0.29, 0.717) is 6.04 Å². The van der Waals surface area contributed by atoms with Gasteiger partial charge in [-0.25, -0.2) is 4.98 Å². The number of anilines is 1. The number of hydrogen-bond acceptors (Lipinski definition) is 3. The fraction of sp³-hybridized carbons (Fsp3) is 0.688. The summed E-state index contributed by atoms with van der Waals surface area (Å²) >= 11 is 0. The Morgan fingerprint density at radius 2 is 2.16 bits per heavy atom. The Bertz CT molecular complexity index is 428. The molecule has 0 amide bonds. The minimum Gasteiger partial charge on any atom is -0.354 e. The molecule has 2 fully saturated rings. The van der Waals surface area contributed by atoms with Crippen molar-refractivity contribution >= 4 is 5.82 Å². The van der Waals surface area contributed by atoms with Crippen LogP contribution in [0.15, 0.2) is 18.3 Å². The summed E-state index contributed by atoms with van der Waals surface area (Å²) in [7, 11) is 0. The van der Waals surface area contributed by atoms with Gasteiger partial charge in [0.05, 0.1) is 0 Å². The highest BCUT2D eigenvalue weighted by Gasteiger charge is 2.26. The van der Waals surface area contributed by atoms with E-state index in [-0.39, 0.29) is 0 Å². The molecule has 1 aromatic heterocycles. The minimum atomic E-state index is 0.610. The van der Waals surface area contributed by atoms with E-state index in [1.165, 1.54) is 37.1 Å². The van der Waals surface area contributed by atoms with Crippen molar-refractivity contribution in [2.45, 2.75) is 58.2 Å². The molecule has 1 N–H and O–H groups in total. The highest BCUT2D eigenvalue weighted by atomic mass is 15.2. The van der Waals surface area contributed by atoms with Crippen LogP contribution in [-0.4, -0.2) is 23.6 Å². The van der Waals surface area contributed by atoms with Crippen LogP contribution in [-0.2, 0) is 6.54 Å². The van der Waals surface area contributed by atoms with Crippen LogP contribution in [0.4, 0.5) is 5.82 Å². The lowest BCUT2D eigenvalue weighted by atomic mass is 9.93. The van der Waals surface area contributed by atoms with Crippen molar-refractivity contribution in [3.05, 3.63) is 23.9 Å². The average Bonchev–Trinajstić information content (AvgIpc) is 3.21. The summed E-state index contributed by atoms with van der Waals surface area (Å²) < 4.78 is 0. The molecule has 0 spiro atoms. The highest BCUT2D eigenvalue weighted by molar-refractivity contribution is 5.48. The predicted octanol–water partition coefficient (Wildman–Crippen LogP) is 2.96. The Labute approximate surface area is 116 Å². The van der Waals surface area contributed by atoms with Gasteiger partial charge in [0.1, 0.15) is 5.82 Å². The second kappa shape index (κ2) is 5.49. The Balaban J connectivity index is 1.74. The third kappa shape index (κ3) is 3.08. The average molecular weight is 259 g/mol. The molecular formula is C16H25N3. The molecule has 0 aromatic carbocycles. The van der Waals surface area contributed by atoms with Crippen molar-refractivity contribution in [2.24, 2.45) is 5.92 Å². The number of aromatic nitrogens is 1. The molecule has 1 saturated carbocycles. The fourth-order valence-electron chi connectivity index (χ4n) is 3.09. The quantitative estimate of drug-likeness (QED) is 0.901. The number of pyridine rings is 1. The SMILES string of the molecule is CC1CCN(c2ncccc2CNC2CC2)C(C)C1. The van der Waals surface area contributed by atoms with Crippen molar-refractivity contribution < 1.29 is 0 Å². The second-order valence-corrected chi connectivity index (χ2v) is 6.31. The molecule has 104 valence electrons. The Morgan fingerprint density at radius 3 is 2.89 bits per heavy atom. The molecule has 3 nitrogen and oxygen atoms in total. The number of rotatable bonds is 4. The van der Waals surface area contributed by atoms with Crippen LogP contribution < -0.4 is 10.2 Å². The van der Waals surface area contributed by atoms with Gasteiger partial charge < -0.3 is 10.2 Å². The van der Waals surface area contributed by atoms with Gasteiger partial charge in [-0.2, -0.15) is 0 Å². The van der Waals surface area contributed by atoms with E-state index in [0.717, 1.165) is 25.0 Å². The molecule has 2 atom stereocenters. The lowest BCUT2D eigenvalue weighted by Crippen LogP contribution is -2.41. The lowest BCUT2D eigenvalue weighted by Gasteiger charge is -2.38. The first-order valence-electron chi connectivity index (χ1n) is 7.68. The highest BCUT2D eigenvalue weighted by Crippen LogP contribution is 2.29. The Hall–Kier alpha value is -1.09. The number of hydrogen-bond donors (Lipinski definition) is 1. The van der Waals surface area contributed by atoms with Gasteiger partial charge in [-0.15, -0.1) is 0 Å². The maximum Gasteiger partial charge on any atom is 0.133 e. The van der Waals surface area contributed by atoms with Crippen molar-refractivity contribution in [3.63, 3.8) is 0 Å². The smallest absolute Gasteiger partial charge is 0.133 e. The van der Waals surface area contributed by atoms with Crippen LogP contribution in [0.5, 0.6) is 0 Å². The summed E-state index contributed by atoms with van der Waals surface area (Å²) in [4.78, 5) is 7.17. The molecule has 2 aliphatic rings. The van der Waals surface area contributed by atoms with Gasteiger partial charge in [0.15, 0.2) is 0 Å². The fourth-order valence-corrected chi connectivity index (χ4v) is 3.09. The van der Waals surface area contributed by atoms with Crippen LogP contribution in [0.25, 0.3) is 0 Å². The Morgan fingerprint density at radius 1 is 1.32 bits per heavy atom. The summed E-state index contributed by atoms with van der Waals surface area (Å²) in [6.07, 6.45) is 7.18. The maximum absolute atomic E-state index is 4.66. The van der Waals surface area contributed by atoms with Crippen LogP contribution in [0.1, 0.15) is 45.1 Å². The third-order valence-corrected chi connectivity index (χ3v) is 4.44. The second-order valence-electron chi connectivity index (χ2n) is 6.31. The molecule has 19 heavy (non-hydrogen) atoms. The number of piperidine rings is 1. The monoisotopic (exact) mass is 259 g/mol. The molecule has 1 aliphatic carbocycles. The molecule has 2 heterocycles. The number of nitrogens with one attached hydrogen (secondary N) is 1. The van der Waals surface area contributed by atoms with Crippen molar-refractivity contribution in [1.29, 1.82) is 0 Å². The van der Waals surface area contributed by atoms with Gasteiger partial charge in [0.25, 0.3) is 0 Å². The van der Waals surface area contributed by atoms with Crippen LogP contribution >= 0.6 is 0 Å². The summed E-state index contributed by atoms with van der Waals surface area (Å²) in [5.74, 6) is 2.05. The molecule has 1 saturated heterocycles. The summed E-state index contributed by atoms with van der Waals surface area (Å²) in [6.45, 7) is 6.81. The topological polar surface area (TPSA) is 28.2 Å². The van der Waals surface area contributed by atoms with Crippen molar-refractivity contribution in [2.75, 3.05) is 11.4 Å². The van der Waals surface area contributed by atoms with Crippen LogP contribution in [0.3, 0.4) is 0 Å².